The number of terminal acetylenes is 1. The first-order valence-electron chi connectivity index (χ1n) is 8.82. The molecule has 0 bridgehead atoms. The summed E-state index contributed by atoms with van der Waals surface area (Å²) in [5.74, 6) is 8.69. The lowest BCUT2D eigenvalue weighted by Gasteiger charge is -2.14. The average Bonchev–Trinajstić information content (AvgIpc) is 2.99. The van der Waals surface area contributed by atoms with Gasteiger partial charge in [0.2, 0.25) is 0 Å². The minimum Gasteiger partial charge on any atom is -0.394 e. The van der Waals surface area contributed by atoms with Crippen molar-refractivity contribution in [1.29, 1.82) is 0 Å². The Morgan fingerprint density at radius 2 is 2.08 bits per heavy atom. The zero-order valence-corrected chi connectivity index (χ0v) is 14.7. The van der Waals surface area contributed by atoms with Crippen molar-refractivity contribution in [2.75, 3.05) is 12.3 Å². The van der Waals surface area contributed by atoms with Gasteiger partial charge in [0.15, 0.2) is 0 Å². The topological polar surface area (TPSA) is 111 Å². The number of hydrogen-bond acceptors (Lipinski definition) is 6. The summed E-state index contributed by atoms with van der Waals surface area (Å²) >= 11 is 0. The van der Waals surface area contributed by atoms with Crippen molar-refractivity contribution in [1.82, 2.24) is 9.55 Å². The smallest absolute Gasteiger partial charge is 0.351 e. The summed E-state index contributed by atoms with van der Waals surface area (Å²) in [5, 5.41) is 19.0. The lowest BCUT2D eigenvalue weighted by molar-refractivity contribution is -0.0458. The summed E-state index contributed by atoms with van der Waals surface area (Å²) in [7, 11) is 0. The van der Waals surface area contributed by atoms with Gasteiger partial charge in [0.25, 0.3) is 0 Å². The normalized spacial score (nSPS) is 21.8. The molecule has 26 heavy (non-hydrogen) atoms. The lowest BCUT2D eigenvalue weighted by atomic mass is 10.1. The second kappa shape index (κ2) is 9.98. The Morgan fingerprint density at radius 3 is 2.73 bits per heavy atom. The molecule has 1 aromatic heterocycles. The molecule has 0 amide bonds. The summed E-state index contributed by atoms with van der Waals surface area (Å²) in [6.45, 7) is -0.317. The Kier molecular flexibility index (Phi) is 7.68. The fourth-order valence-electron chi connectivity index (χ4n) is 2.79. The van der Waals surface area contributed by atoms with E-state index in [0.29, 0.717) is 5.56 Å². The maximum atomic E-state index is 12.1. The first-order valence-corrected chi connectivity index (χ1v) is 8.82. The first kappa shape index (κ1) is 20.0. The van der Waals surface area contributed by atoms with Gasteiger partial charge in [0, 0.05) is 25.5 Å². The Labute approximate surface area is 153 Å². The van der Waals surface area contributed by atoms with E-state index in [2.05, 4.69) is 22.7 Å². The summed E-state index contributed by atoms with van der Waals surface area (Å²) < 4.78 is 6.76. The molecule has 1 saturated heterocycles. The number of nitrogens with two attached hydrogens (primary N) is 1. The van der Waals surface area contributed by atoms with Crippen molar-refractivity contribution in [3.8, 4) is 24.2 Å². The van der Waals surface area contributed by atoms with E-state index in [9.17, 15) is 9.90 Å². The predicted octanol–water partition coefficient (Wildman–Crippen LogP) is 0.791. The van der Waals surface area contributed by atoms with Crippen LogP contribution in [0.3, 0.4) is 0 Å². The predicted molar refractivity (Wildman–Crippen MR) is 97.9 cm³/mol. The molecule has 1 aromatic rings. The number of ether oxygens (including phenoxy) is 1. The van der Waals surface area contributed by atoms with Gasteiger partial charge < -0.3 is 20.7 Å². The van der Waals surface area contributed by atoms with Crippen LogP contribution in [0.4, 0.5) is 5.82 Å². The SMILES string of the molecule is C#CCCCCCCC#Cc1cn([C@H]2C[C@@H](O)[C@@H](CO)O2)c(=O)nc1N. The van der Waals surface area contributed by atoms with E-state index in [1.807, 2.05) is 0 Å². The summed E-state index contributed by atoms with van der Waals surface area (Å²) in [6.07, 6.45) is 10.4. The highest BCUT2D eigenvalue weighted by Crippen LogP contribution is 2.27. The van der Waals surface area contributed by atoms with Crippen LogP contribution in [0.2, 0.25) is 0 Å². The molecule has 7 nitrogen and oxygen atoms in total. The van der Waals surface area contributed by atoms with Gasteiger partial charge in [-0.05, 0) is 12.8 Å². The molecular weight excluding hydrogens is 334 g/mol. The van der Waals surface area contributed by atoms with Gasteiger partial charge in [-0.25, -0.2) is 4.79 Å². The van der Waals surface area contributed by atoms with Crippen LogP contribution in [-0.2, 0) is 4.74 Å². The van der Waals surface area contributed by atoms with E-state index in [1.54, 1.807) is 0 Å². The van der Waals surface area contributed by atoms with Crippen molar-refractivity contribution in [2.24, 2.45) is 0 Å². The number of nitrogen functional groups attached to an aromatic ring is 1. The molecule has 140 valence electrons. The molecule has 3 atom stereocenters. The second-order valence-electron chi connectivity index (χ2n) is 6.26. The Balaban J connectivity index is 1.99. The van der Waals surface area contributed by atoms with Crippen molar-refractivity contribution < 1.29 is 14.9 Å². The van der Waals surface area contributed by atoms with Crippen LogP contribution in [0, 0.1) is 24.2 Å². The third-order valence-electron chi connectivity index (χ3n) is 4.27. The molecule has 2 rings (SSSR count). The molecule has 1 aliphatic rings. The van der Waals surface area contributed by atoms with E-state index in [1.165, 1.54) is 10.8 Å². The number of aliphatic hydroxyl groups excluding tert-OH is 2. The van der Waals surface area contributed by atoms with Crippen LogP contribution in [0.1, 0.15) is 56.7 Å². The minimum atomic E-state index is -0.835. The lowest BCUT2D eigenvalue weighted by Crippen LogP contribution is -2.28. The summed E-state index contributed by atoms with van der Waals surface area (Å²) in [6, 6.07) is 0. The van der Waals surface area contributed by atoms with Gasteiger partial charge in [-0.3, -0.25) is 4.57 Å². The number of nitrogens with zero attached hydrogens (tertiary/aromatic N) is 2. The number of rotatable bonds is 7. The Hall–Kier alpha value is -2.32. The van der Waals surface area contributed by atoms with Crippen molar-refractivity contribution in [3.63, 3.8) is 0 Å². The van der Waals surface area contributed by atoms with Crippen LogP contribution in [0.5, 0.6) is 0 Å². The van der Waals surface area contributed by atoms with Gasteiger partial charge in [0.1, 0.15) is 18.1 Å². The number of unbranched alkanes of at least 4 members (excludes halogenated alkanes) is 5. The van der Waals surface area contributed by atoms with Crippen LogP contribution < -0.4 is 11.4 Å². The molecule has 0 aliphatic carbocycles. The standard InChI is InChI=1S/C19H25N3O4/c1-2-3-4-5-6-7-8-9-10-14-12-22(19(25)21-18(14)20)17-11-15(24)16(13-23)26-17/h1,12,15-17,23-24H,3-8,11,13H2,(H2,20,21,25)/t15-,16-,17-/m1/s1. The summed E-state index contributed by atoms with van der Waals surface area (Å²) in [4.78, 5) is 15.9. The molecule has 0 saturated carbocycles. The monoisotopic (exact) mass is 359 g/mol. The Morgan fingerprint density at radius 1 is 1.35 bits per heavy atom. The van der Waals surface area contributed by atoms with Crippen molar-refractivity contribution >= 4 is 5.82 Å². The van der Waals surface area contributed by atoms with Crippen LogP contribution in [0.25, 0.3) is 0 Å². The number of hydrogen-bond donors (Lipinski definition) is 3. The van der Waals surface area contributed by atoms with Gasteiger partial charge in [-0.2, -0.15) is 4.98 Å². The van der Waals surface area contributed by atoms with Gasteiger partial charge in [0.05, 0.1) is 18.3 Å². The van der Waals surface area contributed by atoms with E-state index in [-0.39, 0.29) is 18.8 Å². The Bertz CT molecular complexity index is 757. The minimum absolute atomic E-state index is 0.0741. The highest BCUT2D eigenvalue weighted by Gasteiger charge is 2.35. The molecule has 1 aliphatic heterocycles. The molecule has 1 fully saturated rings. The molecule has 0 radical (unpaired) electrons. The molecule has 7 heteroatoms. The molecule has 0 aromatic carbocycles. The van der Waals surface area contributed by atoms with E-state index >= 15 is 0 Å². The average molecular weight is 359 g/mol. The third kappa shape index (κ3) is 5.34. The van der Waals surface area contributed by atoms with Crippen molar-refractivity contribution in [3.05, 3.63) is 22.2 Å². The van der Waals surface area contributed by atoms with Crippen LogP contribution in [0.15, 0.2) is 11.0 Å². The fraction of sp³-hybridized carbons (Fsp3) is 0.579. The summed E-state index contributed by atoms with van der Waals surface area (Å²) in [5.41, 5.74) is 5.66. The quantitative estimate of drug-likeness (QED) is 0.490. The number of anilines is 1. The van der Waals surface area contributed by atoms with Gasteiger partial charge >= 0.3 is 5.69 Å². The number of aromatic nitrogens is 2. The second-order valence-corrected chi connectivity index (χ2v) is 6.26. The van der Waals surface area contributed by atoms with Crippen LogP contribution >= 0.6 is 0 Å². The largest absolute Gasteiger partial charge is 0.394 e. The molecular formula is C19H25N3O4. The molecule has 0 unspecified atom stereocenters. The molecule has 4 N–H and O–H groups in total. The molecule has 2 heterocycles. The highest BCUT2D eigenvalue weighted by atomic mass is 16.5. The highest BCUT2D eigenvalue weighted by molar-refractivity contribution is 5.48. The fourth-order valence-corrected chi connectivity index (χ4v) is 2.79. The zero-order chi connectivity index (χ0) is 18.9. The number of aliphatic hydroxyl groups is 2. The first-order chi connectivity index (χ1) is 12.6. The molecule has 0 spiro atoms. The van der Waals surface area contributed by atoms with Crippen LogP contribution in [-0.4, -0.2) is 38.6 Å². The third-order valence-corrected chi connectivity index (χ3v) is 4.27. The van der Waals surface area contributed by atoms with E-state index < -0.39 is 24.1 Å². The van der Waals surface area contributed by atoms with E-state index in [0.717, 1.165) is 38.5 Å². The van der Waals surface area contributed by atoms with E-state index in [4.69, 9.17) is 22.0 Å². The zero-order valence-electron chi connectivity index (χ0n) is 14.7. The van der Waals surface area contributed by atoms with Gasteiger partial charge in [-0.1, -0.05) is 24.7 Å². The van der Waals surface area contributed by atoms with Gasteiger partial charge in [-0.15, -0.1) is 12.3 Å². The van der Waals surface area contributed by atoms with Crippen molar-refractivity contribution in [2.45, 2.75) is 63.4 Å². The maximum Gasteiger partial charge on any atom is 0.351 e. The maximum absolute atomic E-state index is 12.1.